The van der Waals surface area contributed by atoms with Gasteiger partial charge in [-0.25, -0.2) is 13.8 Å². The van der Waals surface area contributed by atoms with E-state index in [1.54, 1.807) is 33.9 Å². The van der Waals surface area contributed by atoms with E-state index in [4.69, 9.17) is 15.2 Å². The number of hydrogen-bond acceptors (Lipinski definition) is 7. The second kappa shape index (κ2) is 9.75. The number of aromatic nitrogens is 2. The number of aliphatic hydroxyl groups excluding tert-OH is 1. The first-order chi connectivity index (χ1) is 21.2. The Morgan fingerprint density at radius 2 is 1.80 bits per heavy atom. The number of rotatable bonds is 6. The molecule has 5 aliphatic carbocycles. The molecule has 0 aromatic carbocycles. The lowest BCUT2D eigenvalue weighted by atomic mass is 9.41. The third-order valence-corrected chi connectivity index (χ3v) is 15.4. The highest BCUT2D eigenvalue weighted by molar-refractivity contribution is 5.76. The number of nitrogens with two attached hydrogens (primary N) is 1. The van der Waals surface area contributed by atoms with E-state index in [-0.39, 0.29) is 52.4 Å². The molecule has 1 saturated heterocycles. The number of H-pyrrole nitrogens is 1. The Kier molecular flexibility index (Phi) is 6.98. The molecule has 5 saturated carbocycles. The van der Waals surface area contributed by atoms with Crippen molar-refractivity contribution in [1.29, 1.82) is 0 Å². The van der Waals surface area contributed by atoms with Gasteiger partial charge in [-0.3, -0.25) is 4.79 Å². The van der Waals surface area contributed by atoms with E-state index < -0.39 is 52.7 Å². The first-order valence-corrected chi connectivity index (χ1v) is 17.6. The molecule has 0 bridgehead atoms. The Labute approximate surface area is 272 Å². The molecule has 258 valence electrons. The van der Waals surface area contributed by atoms with Crippen molar-refractivity contribution < 1.29 is 33.3 Å². The topological polar surface area (TPSA) is 131 Å². The number of aliphatic hydroxyl groups is 2. The van der Waals surface area contributed by atoms with Crippen molar-refractivity contribution in [2.75, 3.05) is 0 Å². The van der Waals surface area contributed by atoms with Crippen molar-refractivity contribution in [1.82, 2.24) is 9.97 Å². The molecule has 1 aliphatic heterocycles. The summed E-state index contributed by atoms with van der Waals surface area (Å²) in [6.07, 6.45) is 7.31. The highest BCUT2D eigenvalue weighted by atomic mass is 19.3. The summed E-state index contributed by atoms with van der Waals surface area (Å²) in [6, 6.07) is -0.953. The number of fused-ring (bicyclic) bond motifs is 2. The van der Waals surface area contributed by atoms with Crippen molar-refractivity contribution in [3.05, 3.63) is 18.2 Å². The van der Waals surface area contributed by atoms with Gasteiger partial charge in [0, 0.05) is 36.3 Å². The van der Waals surface area contributed by atoms with Gasteiger partial charge in [-0.1, -0.05) is 27.7 Å². The lowest BCUT2D eigenvalue weighted by Gasteiger charge is -2.65. The summed E-state index contributed by atoms with van der Waals surface area (Å²) in [5.41, 5.74) is 2.97. The molecule has 7 rings (SSSR count). The maximum Gasteiger partial charge on any atom is 0.323 e. The van der Waals surface area contributed by atoms with Gasteiger partial charge in [0.25, 0.3) is 5.92 Å². The fraction of sp³-hybridized carbons (Fsp3) is 0.889. The summed E-state index contributed by atoms with van der Waals surface area (Å²) < 4.78 is 44.7. The number of alkyl halides is 2. The van der Waals surface area contributed by atoms with Crippen LogP contribution in [0.5, 0.6) is 0 Å². The largest absolute Gasteiger partial charge is 0.461 e. The standard InChI is InChI=1S/C36H55F2N3O5/c1-29(2)27-23(45-28(43)21(39)14-20-17-40-19-41-20)15-24-32(6)16-22(42)26(33(7)9-8-25(46-33)30(3,4)44)31(32,5)10-11-34(24)18-35(27,34)12-13-36(29,37)38/h17,19,21-27,42,44H,8-16,18,39H2,1-7H3,(H,40,41)/t21-,22-,23-,24-,25-,26-,27-,31+,32-,33-,34-,35+/m0/s1. The number of carbonyl (C=O) groups excluding carboxylic acids is 1. The van der Waals surface area contributed by atoms with Gasteiger partial charge in [0.05, 0.1) is 35.4 Å². The van der Waals surface area contributed by atoms with Crippen molar-refractivity contribution in [3.63, 3.8) is 0 Å². The van der Waals surface area contributed by atoms with Crippen LogP contribution in [-0.2, 0) is 20.7 Å². The normalized spacial score (nSPS) is 49.3. The first kappa shape index (κ1) is 32.9. The number of halogens is 2. The van der Waals surface area contributed by atoms with Crippen molar-refractivity contribution in [2.45, 2.75) is 154 Å². The van der Waals surface area contributed by atoms with Crippen LogP contribution in [0.25, 0.3) is 0 Å². The van der Waals surface area contributed by atoms with Crippen LogP contribution in [0, 0.1) is 44.8 Å². The van der Waals surface area contributed by atoms with Crippen molar-refractivity contribution >= 4 is 5.97 Å². The number of aromatic amines is 1. The van der Waals surface area contributed by atoms with Crippen LogP contribution in [0.1, 0.15) is 112 Å². The van der Waals surface area contributed by atoms with Gasteiger partial charge in [-0.2, -0.15) is 0 Å². The average Bonchev–Trinajstić information content (AvgIpc) is 3.25. The van der Waals surface area contributed by atoms with Crippen LogP contribution in [0.4, 0.5) is 8.78 Å². The Balaban J connectivity index is 1.24. The zero-order chi connectivity index (χ0) is 33.5. The molecule has 12 atom stereocenters. The molecule has 5 N–H and O–H groups in total. The molecular formula is C36H55F2N3O5. The molecule has 8 nitrogen and oxygen atoms in total. The number of nitrogens with zero attached hydrogens (tertiary/aromatic N) is 1. The van der Waals surface area contributed by atoms with E-state index in [1.807, 2.05) is 0 Å². The van der Waals surface area contributed by atoms with E-state index in [0.29, 0.717) is 25.0 Å². The average molecular weight is 648 g/mol. The number of hydrogen-bond donors (Lipinski definition) is 4. The van der Waals surface area contributed by atoms with Crippen LogP contribution in [-0.4, -0.2) is 67.6 Å². The third kappa shape index (κ3) is 4.14. The molecule has 0 radical (unpaired) electrons. The predicted molar refractivity (Wildman–Crippen MR) is 168 cm³/mol. The Morgan fingerprint density at radius 1 is 1.11 bits per heavy atom. The lowest BCUT2D eigenvalue weighted by Crippen LogP contribution is -2.64. The lowest BCUT2D eigenvalue weighted by molar-refractivity contribution is -0.252. The second-order valence-corrected chi connectivity index (χ2v) is 18.2. The number of esters is 1. The van der Waals surface area contributed by atoms with Crippen LogP contribution < -0.4 is 5.73 Å². The summed E-state index contributed by atoms with van der Waals surface area (Å²) in [5, 5.41) is 22.8. The summed E-state index contributed by atoms with van der Waals surface area (Å²) in [6.45, 7) is 13.7. The smallest absolute Gasteiger partial charge is 0.323 e. The van der Waals surface area contributed by atoms with Gasteiger partial charge < -0.3 is 30.4 Å². The second-order valence-electron chi connectivity index (χ2n) is 18.2. The Bertz CT molecular complexity index is 1380. The van der Waals surface area contributed by atoms with E-state index in [1.165, 1.54) is 6.33 Å². The molecule has 10 heteroatoms. The summed E-state index contributed by atoms with van der Waals surface area (Å²) >= 11 is 0. The molecular weight excluding hydrogens is 592 g/mol. The number of nitrogens with one attached hydrogen (secondary N) is 1. The van der Waals surface area contributed by atoms with Gasteiger partial charge in [-0.15, -0.1) is 0 Å². The van der Waals surface area contributed by atoms with Gasteiger partial charge >= 0.3 is 5.97 Å². The third-order valence-electron chi connectivity index (χ3n) is 15.4. The summed E-state index contributed by atoms with van der Waals surface area (Å²) in [7, 11) is 0. The maximum atomic E-state index is 15.8. The minimum Gasteiger partial charge on any atom is -0.461 e. The van der Waals surface area contributed by atoms with E-state index >= 15 is 8.78 Å². The fourth-order valence-electron chi connectivity index (χ4n) is 13.1. The summed E-state index contributed by atoms with van der Waals surface area (Å²) in [4.78, 5) is 20.7. The van der Waals surface area contributed by atoms with Gasteiger partial charge in [-0.05, 0) is 99.7 Å². The van der Waals surface area contributed by atoms with Crippen molar-refractivity contribution in [2.24, 2.45) is 50.6 Å². The molecule has 2 spiro atoms. The quantitative estimate of drug-likeness (QED) is 0.298. The Morgan fingerprint density at radius 3 is 2.43 bits per heavy atom. The van der Waals surface area contributed by atoms with Crippen LogP contribution in [0.3, 0.4) is 0 Å². The van der Waals surface area contributed by atoms with E-state index in [0.717, 1.165) is 32.1 Å². The zero-order valence-electron chi connectivity index (χ0n) is 28.7. The van der Waals surface area contributed by atoms with Crippen LogP contribution in [0.2, 0.25) is 0 Å². The van der Waals surface area contributed by atoms with E-state index in [2.05, 4.69) is 30.7 Å². The van der Waals surface area contributed by atoms with Crippen molar-refractivity contribution in [3.8, 4) is 0 Å². The molecule has 0 unspecified atom stereocenters. The van der Waals surface area contributed by atoms with Gasteiger partial charge in [0.15, 0.2) is 0 Å². The predicted octanol–water partition coefficient (Wildman–Crippen LogP) is 5.56. The van der Waals surface area contributed by atoms with Crippen LogP contribution in [0.15, 0.2) is 12.5 Å². The summed E-state index contributed by atoms with van der Waals surface area (Å²) in [5.74, 6) is -3.99. The fourth-order valence-corrected chi connectivity index (χ4v) is 13.1. The number of carbonyl (C=O) groups is 1. The minimum absolute atomic E-state index is 0.0904. The molecule has 46 heavy (non-hydrogen) atoms. The molecule has 0 amide bonds. The monoisotopic (exact) mass is 647 g/mol. The highest BCUT2D eigenvalue weighted by Gasteiger charge is 2.86. The molecule has 6 aliphatic rings. The first-order valence-electron chi connectivity index (χ1n) is 17.6. The number of ether oxygens (including phenoxy) is 2. The van der Waals surface area contributed by atoms with Gasteiger partial charge in [0.1, 0.15) is 12.1 Å². The molecule has 2 heterocycles. The number of imidazole rings is 1. The molecule has 1 aromatic rings. The van der Waals surface area contributed by atoms with Crippen LogP contribution >= 0.6 is 0 Å². The maximum absolute atomic E-state index is 15.8. The highest BCUT2D eigenvalue weighted by Crippen LogP contribution is 2.90. The minimum atomic E-state index is -2.88. The SMILES string of the molecule is CC(C)(O)[C@@H]1CC[C@@](C)([C@H]2[C@@H](O)C[C@@]3(C)[C@@H]4C[C@H](OC(=O)[C@@H](N)Cc5c[nH]cn5)[C@H]5C(C)(C)C(F)(F)CC[C@@]56C[C@@]46CC[C@]23C)O1. The molecule has 1 aromatic heterocycles. The van der Waals surface area contributed by atoms with Gasteiger partial charge in [0.2, 0.25) is 0 Å². The van der Waals surface area contributed by atoms with E-state index in [9.17, 15) is 15.0 Å². The zero-order valence-corrected chi connectivity index (χ0v) is 28.7. The Hall–Kier alpha value is -1.62. The molecule has 6 fully saturated rings.